The standard InChI is InChI=1S/C15H23NO3/c1-6-11-7-8-13(19-5)12(9-11)10-16(4)15(2,3)14(17)18/h7-9H,6,10H2,1-5H3,(H,17,18). The molecule has 4 nitrogen and oxygen atoms in total. The summed E-state index contributed by atoms with van der Waals surface area (Å²) in [6.45, 7) is 6.03. The average Bonchev–Trinajstić information content (AvgIpc) is 2.38. The molecule has 0 unspecified atom stereocenters. The van der Waals surface area contributed by atoms with E-state index in [1.54, 1.807) is 21.0 Å². The normalized spacial score (nSPS) is 11.7. The highest BCUT2D eigenvalue weighted by molar-refractivity contribution is 5.77. The molecule has 0 aliphatic rings. The van der Waals surface area contributed by atoms with Gasteiger partial charge in [-0.25, -0.2) is 0 Å². The van der Waals surface area contributed by atoms with Crippen LogP contribution >= 0.6 is 0 Å². The maximum atomic E-state index is 11.3. The highest BCUT2D eigenvalue weighted by Gasteiger charge is 2.32. The monoisotopic (exact) mass is 265 g/mol. The summed E-state index contributed by atoms with van der Waals surface area (Å²) in [5.74, 6) is -0.0362. The minimum absolute atomic E-state index is 0.538. The van der Waals surface area contributed by atoms with Gasteiger partial charge in [0.2, 0.25) is 0 Å². The second-order valence-corrected chi connectivity index (χ2v) is 5.22. The van der Waals surface area contributed by atoms with Gasteiger partial charge in [0.05, 0.1) is 7.11 Å². The molecular weight excluding hydrogens is 242 g/mol. The number of rotatable bonds is 6. The van der Waals surface area contributed by atoms with Crippen LogP contribution < -0.4 is 4.74 Å². The van der Waals surface area contributed by atoms with Gasteiger partial charge in [-0.3, -0.25) is 9.69 Å². The summed E-state index contributed by atoms with van der Waals surface area (Å²) in [5, 5.41) is 9.24. The van der Waals surface area contributed by atoms with Gasteiger partial charge in [0.1, 0.15) is 11.3 Å². The molecule has 1 N–H and O–H groups in total. The van der Waals surface area contributed by atoms with Crippen molar-refractivity contribution in [2.24, 2.45) is 0 Å². The summed E-state index contributed by atoms with van der Waals surface area (Å²) < 4.78 is 5.34. The Kier molecular flexibility index (Phi) is 4.95. The van der Waals surface area contributed by atoms with E-state index in [-0.39, 0.29) is 0 Å². The zero-order chi connectivity index (χ0) is 14.6. The molecule has 1 rings (SSSR count). The van der Waals surface area contributed by atoms with E-state index in [0.29, 0.717) is 6.54 Å². The number of benzene rings is 1. The molecule has 1 aromatic carbocycles. The van der Waals surface area contributed by atoms with E-state index >= 15 is 0 Å². The highest BCUT2D eigenvalue weighted by Crippen LogP contribution is 2.24. The van der Waals surface area contributed by atoms with Crippen molar-refractivity contribution in [2.75, 3.05) is 14.2 Å². The lowest BCUT2D eigenvalue weighted by Crippen LogP contribution is -2.47. The fourth-order valence-electron chi connectivity index (χ4n) is 1.79. The fraction of sp³-hybridized carbons (Fsp3) is 0.533. The molecule has 19 heavy (non-hydrogen) atoms. The van der Waals surface area contributed by atoms with Crippen LogP contribution in [0.1, 0.15) is 31.9 Å². The Balaban J connectivity index is 3.01. The van der Waals surface area contributed by atoms with Gasteiger partial charge in [-0.1, -0.05) is 19.1 Å². The number of carbonyl (C=O) groups is 1. The molecule has 0 saturated heterocycles. The van der Waals surface area contributed by atoms with Crippen molar-refractivity contribution < 1.29 is 14.6 Å². The molecule has 0 fully saturated rings. The van der Waals surface area contributed by atoms with E-state index in [1.165, 1.54) is 5.56 Å². The number of likely N-dealkylation sites (N-methyl/N-ethyl adjacent to an activating group) is 1. The predicted octanol–water partition coefficient (Wildman–Crippen LogP) is 2.55. The Morgan fingerprint density at radius 2 is 2.05 bits per heavy atom. The quantitative estimate of drug-likeness (QED) is 0.858. The van der Waals surface area contributed by atoms with Crippen LogP contribution in [0.5, 0.6) is 5.75 Å². The first kappa shape index (κ1) is 15.5. The maximum Gasteiger partial charge on any atom is 0.323 e. The van der Waals surface area contributed by atoms with Gasteiger partial charge in [-0.15, -0.1) is 0 Å². The van der Waals surface area contributed by atoms with E-state index < -0.39 is 11.5 Å². The average molecular weight is 265 g/mol. The van der Waals surface area contributed by atoms with Crippen LogP contribution in [0, 0.1) is 0 Å². The van der Waals surface area contributed by atoms with Gasteiger partial charge in [-0.05, 0) is 38.9 Å². The van der Waals surface area contributed by atoms with Gasteiger partial charge < -0.3 is 9.84 Å². The van der Waals surface area contributed by atoms with Crippen LogP contribution in [0.3, 0.4) is 0 Å². The number of hydrogen-bond donors (Lipinski definition) is 1. The summed E-state index contributed by atoms with van der Waals surface area (Å²) in [5.41, 5.74) is 1.32. The molecule has 0 amide bonds. The van der Waals surface area contributed by atoms with Crippen molar-refractivity contribution in [3.63, 3.8) is 0 Å². The molecule has 0 saturated carbocycles. The largest absolute Gasteiger partial charge is 0.496 e. The van der Waals surface area contributed by atoms with Crippen molar-refractivity contribution in [3.05, 3.63) is 29.3 Å². The van der Waals surface area contributed by atoms with Crippen molar-refractivity contribution in [1.82, 2.24) is 4.90 Å². The minimum atomic E-state index is -0.909. The Labute approximate surface area is 115 Å². The molecule has 0 aliphatic heterocycles. The Hall–Kier alpha value is -1.55. The summed E-state index contributed by atoms with van der Waals surface area (Å²) in [6.07, 6.45) is 0.947. The molecule has 0 atom stereocenters. The first-order valence-corrected chi connectivity index (χ1v) is 6.43. The molecular formula is C15H23NO3. The summed E-state index contributed by atoms with van der Waals surface area (Å²) >= 11 is 0. The summed E-state index contributed by atoms with van der Waals surface area (Å²) in [4.78, 5) is 13.1. The molecule has 0 heterocycles. The van der Waals surface area contributed by atoms with Crippen LogP contribution in [-0.2, 0) is 17.8 Å². The van der Waals surface area contributed by atoms with Gasteiger partial charge in [0, 0.05) is 12.1 Å². The fourth-order valence-corrected chi connectivity index (χ4v) is 1.79. The number of aliphatic carboxylic acids is 1. The van der Waals surface area contributed by atoms with Gasteiger partial charge in [0.25, 0.3) is 0 Å². The van der Waals surface area contributed by atoms with Gasteiger partial charge in [-0.2, -0.15) is 0 Å². The number of carboxylic acids is 1. The van der Waals surface area contributed by atoms with Crippen LogP contribution in [-0.4, -0.2) is 35.7 Å². The predicted molar refractivity (Wildman–Crippen MR) is 75.6 cm³/mol. The molecule has 4 heteroatoms. The second kappa shape index (κ2) is 6.06. The highest BCUT2D eigenvalue weighted by atomic mass is 16.5. The minimum Gasteiger partial charge on any atom is -0.496 e. The number of carboxylic acid groups (broad SMARTS) is 1. The Bertz CT molecular complexity index is 455. The molecule has 0 aromatic heterocycles. The van der Waals surface area contributed by atoms with Crippen molar-refractivity contribution >= 4 is 5.97 Å². The van der Waals surface area contributed by atoms with E-state index in [4.69, 9.17) is 4.74 Å². The number of nitrogens with zero attached hydrogens (tertiary/aromatic N) is 1. The van der Waals surface area contributed by atoms with Crippen molar-refractivity contribution in [2.45, 2.75) is 39.3 Å². The first-order valence-electron chi connectivity index (χ1n) is 6.43. The van der Waals surface area contributed by atoms with E-state index in [9.17, 15) is 9.90 Å². The number of ether oxygens (including phenoxy) is 1. The lowest BCUT2D eigenvalue weighted by Gasteiger charge is -2.31. The smallest absolute Gasteiger partial charge is 0.323 e. The van der Waals surface area contributed by atoms with Crippen molar-refractivity contribution in [3.8, 4) is 5.75 Å². The molecule has 0 radical (unpaired) electrons. The summed E-state index contributed by atoms with van der Waals surface area (Å²) in [7, 11) is 3.44. The first-order chi connectivity index (χ1) is 8.82. The van der Waals surface area contributed by atoms with Crippen LogP contribution in [0.4, 0.5) is 0 Å². The van der Waals surface area contributed by atoms with Crippen molar-refractivity contribution in [1.29, 1.82) is 0 Å². The second-order valence-electron chi connectivity index (χ2n) is 5.22. The Morgan fingerprint density at radius 1 is 1.42 bits per heavy atom. The lowest BCUT2D eigenvalue weighted by atomic mass is 10.0. The molecule has 0 bridgehead atoms. The molecule has 0 spiro atoms. The van der Waals surface area contributed by atoms with Gasteiger partial charge >= 0.3 is 5.97 Å². The molecule has 0 aliphatic carbocycles. The third kappa shape index (κ3) is 3.47. The van der Waals surface area contributed by atoms with Crippen LogP contribution in [0.25, 0.3) is 0 Å². The van der Waals surface area contributed by atoms with E-state index in [1.807, 2.05) is 24.1 Å². The van der Waals surface area contributed by atoms with Crippen LogP contribution in [0.2, 0.25) is 0 Å². The van der Waals surface area contributed by atoms with Gasteiger partial charge in [0.15, 0.2) is 0 Å². The third-order valence-corrected chi connectivity index (χ3v) is 3.64. The lowest BCUT2D eigenvalue weighted by molar-refractivity contribution is -0.148. The number of hydrogen-bond acceptors (Lipinski definition) is 3. The zero-order valence-corrected chi connectivity index (χ0v) is 12.4. The SMILES string of the molecule is CCc1ccc(OC)c(CN(C)C(C)(C)C(=O)O)c1. The van der Waals surface area contributed by atoms with Crippen LogP contribution in [0.15, 0.2) is 18.2 Å². The number of aryl methyl sites for hydroxylation is 1. The topological polar surface area (TPSA) is 49.8 Å². The zero-order valence-electron chi connectivity index (χ0n) is 12.4. The maximum absolute atomic E-state index is 11.3. The molecule has 106 valence electrons. The summed E-state index contributed by atoms with van der Waals surface area (Å²) in [6, 6.07) is 6.05. The van der Waals surface area contributed by atoms with E-state index in [2.05, 4.69) is 13.0 Å². The Morgan fingerprint density at radius 3 is 2.53 bits per heavy atom. The third-order valence-electron chi connectivity index (χ3n) is 3.64. The molecule has 1 aromatic rings. The number of methoxy groups -OCH3 is 1. The van der Waals surface area contributed by atoms with E-state index in [0.717, 1.165) is 17.7 Å².